The van der Waals surface area contributed by atoms with E-state index < -0.39 is 4.92 Å². The molecule has 25 heavy (non-hydrogen) atoms. The molecule has 0 aliphatic rings. The highest BCUT2D eigenvalue weighted by Gasteiger charge is 2.26. The smallest absolute Gasteiger partial charge is 0.333 e. The monoisotopic (exact) mass is 334 g/mol. The highest BCUT2D eigenvalue weighted by molar-refractivity contribution is 5.78. The van der Waals surface area contributed by atoms with Crippen molar-refractivity contribution in [2.24, 2.45) is 0 Å². The summed E-state index contributed by atoms with van der Waals surface area (Å²) in [4.78, 5) is 23.1. The Morgan fingerprint density at radius 3 is 2.80 bits per heavy atom. The van der Waals surface area contributed by atoms with E-state index in [0.29, 0.717) is 16.7 Å². The highest BCUT2D eigenvalue weighted by Crippen LogP contribution is 2.30. The second-order valence-corrected chi connectivity index (χ2v) is 5.01. The summed E-state index contributed by atoms with van der Waals surface area (Å²) in [7, 11) is 0. The van der Waals surface area contributed by atoms with Crippen LogP contribution in [0.2, 0.25) is 0 Å². The molecule has 0 fully saturated rings. The first kappa shape index (κ1) is 14.6. The van der Waals surface area contributed by atoms with Crippen molar-refractivity contribution in [1.29, 1.82) is 0 Å². The second-order valence-electron chi connectivity index (χ2n) is 5.01. The molecule has 1 N–H and O–H groups in total. The molecule has 10 heteroatoms. The lowest BCUT2D eigenvalue weighted by Gasteiger charge is -2.08. The fourth-order valence-electron chi connectivity index (χ4n) is 2.38. The summed E-state index contributed by atoms with van der Waals surface area (Å²) in [5.74, 6) is 0.0719. The third-order valence-corrected chi connectivity index (χ3v) is 3.46. The van der Waals surface area contributed by atoms with Gasteiger partial charge in [-0.25, -0.2) is 9.97 Å². The van der Waals surface area contributed by atoms with E-state index >= 15 is 0 Å². The lowest BCUT2D eigenvalue weighted by atomic mass is 10.3. The van der Waals surface area contributed by atoms with Crippen LogP contribution in [0.4, 0.5) is 17.2 Å². The topological polar surface area (TPSA) is 125 Å². The SMILES string of the molecule is O=[N+]([O-])c1c(Nc2cccnc2)ncnc1-n1nnc2ccccc21. The molecule has 0 atom stereocenters. The summed E-state index contributed by atoms with van der Waals surface area (Å²) in [5.41, 5.74) is 1.48. The van der Waals surface area contributed by atoms with E-state index in [0.717, 1.165) is 0 Å². The van der Waals surface area contributed by atoms with E-state index in [1.807, 2.05) is 6.07 Å². The van der Waals surface area contributed by atoms with Gasteiger partial charge in [0.05, 0.1) is 22.3 Å². The standard InChI is InChI=1S/C15H10N8O2/c24-23(25)13-14(19-10-4-3-7-16-8-10)17-9-18-15(13)22-12-6-2-1-5-11(12)20-21-22/h1-9H,(H,17,18,19). The van der Waals surface area contributed by atoms with Gasteiger partial charge in [-0.3, -0.25) is 15.1 Å². The first-order valence-corrected chi connectivity index (χ1v) is 7.21. The molecule has 1 aromatic carbocycles. The molecule has 0 unspecified atom stereocenters. The summed E-state index contributed by atoms with van der Waals surface area (Å²) in [6.45, 7) is 0. The van der Waals surface area contributed by atoms with Gasteiger partial charge < -0.3 is 5.32 Å². The van der Waals surface area contributed by atoms with Crippen LogP contribution in [0.25, 0.3) is 16.9 Å². The van der Waals surface area contributed by atoms with E-state index in [1.54, 1.807) is 36.5 Å². The number of hydrogen-bond donors (Lipinski definition) is 1. The lowest BCUT2D eigenvalue weighted by molar-refractivity contribution is -0.384. The minimum Gasteiger partial charge on any atom is -0.333 e. The summed E-state index contributed by atoms with van der Waals surface area (Å²) < 4.78 is 1.32. The molecule has 0 aliphatic heterocycles. The maximum atomic E-state index is 11.7. The van der Waals surface area contributed by atoms with Gasteiger partial charge in [0.2, 0.25) is 11.6 Å². The molecule has 4 aromatic rings. The van der Waals surface area contributed by atoms with Crippen LogP contribution in [0.3, 0.4) is 0 Å². The molecule has 0 radical (unpaired) electrons. The van der Waals surface area contributed by atoms with Crippen LogP contribution < -0.4 is 5.32 Å². The Hall–Kier alpha value is -3.95. The summed E-state index contributed by atoms with van der Waals surface area (Å²) in [5, 5.41) is 22.6. The Kier molecular flexibility index (Phi) is 3.47. The molecular formula is C15H10N8O2. The molecule has 122 valence electrons. The quantitative estimate of drug-likeness (QED) is 0.445. The van der Waals surface area contributed by atoms with Gasteiger partial charge in [-0.05, 0) is 24.3 Å². The minimum atomic E-state index is -0.551. The third kappa shape index (κ3) is 2.61. The van der Waals surface area contributed by atoms with Gasteiger partial charge in [-0.2, -0.15) is 4.68 Å². The normalized spacial score (nSPS) is 10.7. The number of hydrogen-bond acceptors (Lipinski definition) is 8. The molecule has 3 aromatic heterocycles. The van der Waals surface area contributed by atoms with Crippen molar-refractivity contribution in [3.05, 3.63) is 65.2 Å². The number of nitrogens with one attached hydrogen (secondary N) is 1. The van der Waals surface area contributed by atoms with Crippen molar-refractivity contribution in [2.75, 3.05) is 5.32 Å². The molecule has 0 aliphatic carbocycles. The number of rotatable bonds is 4. The van der Waals surface area contributed by atoms with Crippen LogP contribution in [0.15, 0.2) is 55.1 Å². The molecular weight excluding hydrogens is 324 g/mol. The number of fused-ring (bicyclic) bond motifs is 1. The van der Waals surface area contributed by atoms with Gasteiger partial charge >= 0.3 is 5.69 Å². The molecule has 0 amide bonds. The van der Waals surface area contributed by atoms with Crippen LogP contribution in [0, 0.1) is 10.1 Å². The van der Waals surface area contributed by atoms with E-state index in [-0.39, 0.29) is 17.3 Å². The van der Waals surface area contributed by atoms with Crippen molar-refractivity contribution >= 4 is 28.2 Å². The minimum absolute atomic E-state index is 0.0279. The van der Waals surface area contributed by atoms with Crippen LogP contribution in [-0.2, 0) is 0 Å². The summed E-state index contributed by atoms with van der Waals surface area (Å²) in [6.07, 6.45) is 4.38. The molecule has 10 nitrogen and oxygen atoms in total. The number of pyridine rings is 1. The second kappa shape index (κ2) is 5.92. The van der Waals surface area contributed by atoms with Crippen LogP contribution in [0.1, 0.15) is 0 Å². The van der Waals surface area contributed by atoms with Crippen molar-refractivity contribution in [3.8, 4) is 5.82 Å². The zero-order chi connectivity index (χ0) is 17.2. The molecule has 0 bridgehead atoms. The maximum Gasteiger partial charge on any atom is 0.356 e. The van der Waals surface area contributed by atoms with Gasteiger partial charge in [-0.15, -0.1) is 5.10 Å². The van der Waals surface area contributed by atoms with Gasteiger partial charge in [0.25, 0.3) is 0 Å². The zero-order valence-electron chi connectivity index (χ0n) is 12.6. The lowest BCUT2D eigenvalue weighted by Crippen LogP contribution is -2.09. The average molecular weight is 334 g/mol. The Bertz CT molecular complexity index is 1060. The Labute approximate surface area is 140 Å². The van der Waals surface area contributed by atoms with Crippen molar-refractivity contribution in [1.82, 2.24) is 29.9 Å². The van der Waals surface area contributed by atoms with Gasteiger partial charge in [0, 0.05) is 6.20 Å². The number of para-hydroxylation sites is 1. The van der Waals surface area contributed by atoms with Gasteiger partial charge in [0.15, 0.2) is 0 Å². The highest BCUT2D eigenvalue weighted by atomic mass is 16.6. The Morgan fingerprint density at radius 1 is 1.12 bits per heavy atom. The van der Waals surface area contributed by atoms with E-state index in [9.17, 15) is 10.1 Å². The number of aromatic nitrogens is 6. The van der Waals surface area contributed by atoms with Crippen molar-refractivity contribution in [3.63, 3.8) is 0 Å². The maximum absolute atomic E-state index is 11.7. The van der Waals surface area contributed by atoms with E-state index in [4.69, 9.17) is 0 Å². The molecule has 3 heterocycles. The van der Waals surface area contributed by atoms with Crippen LogP contribution >= 0.6 is 0 Å². The van der Waals surface area contributed by atoms with E-state index in [1.165, 1.54) is 17.2 Å². The number of benzene rings is 1. The predicted molar refractivity (Wildman–Crippen MR) is 88.6 cm³/mol. The van der Waals surface area contributed by atoms with Gasteiger partial charge in [0.1, 0.15) is 11.8 Å². The van der Waals surface area contributed by atoms with E-state index in [2.05, 4.69) is 30.6 Å². The fraction of sp³-hybridized carbons (Fsp3) is 0. The largest absolute Gasteiger partial charge is 0.356 e. The Morgan fingerprint density at radius 2 is 2.00 bits per heavy atom. The predicted octanol–water partition coefficient (Wildman–Crippen LogP) is 2.26. The molecule has 4 rings (SSSR count). The van der Waals surface area contributed by atoms with Crippen molar-refractivity contribution < 1.29 is 4.92 Å². The third-order valence-electron chi connectivity index (χ3n) is 3.46. The van der Waals surface area contributed by atoms with Gasteiger partial charge in [-0.1, -0.05) is 17.3 Å². The molecule has 0 saturated carbocycles. The van der Waals surface area contributed by atoms with Crippen LogP contribution in [0.5, 0.6) is 0 Å². The summed E-state index contributed by atoms with van der Waals surface area (Å²) >= 11 is 0. The molecule has 0 saturated heterocycles. The zero-order valence-corrected chi connectivity index (χ0v) is 12.6. The number of nitro groups is 1. The number of anilines is 2. The fourth-order valence-corrected chi connectivity index (χ4v) is 2.38. The van der Waals surface area contributed by atoms with Crippen molar-refractivity contribution in [2.45, 2.75) is 0 Å². The first-order chi connectivity index (χ1) is 12.2. The average Bonchev–Trinajstić information content (AvgIpc) is 3.06. The Balaban J connectivity index is 1.89. The number of nitrogens with zero attached hydrogens (tertiary/aromatic N) is 7. The van der Waals surface area contributed by atoms with Crippen LogP contribution in [-0.4, -0.2) is 34.9 Å². The summed E-state index contributed by atoms with van der Waals surface area (Å²) in [6, 6.07) is 10.6. The first-order valence-electron chi connectivity index (χ1n) is 7.21. The molecule has 0 spiro atoms.